The van der Waals surface area contributed by atoms with Crippen molar-refractivity contribution < 1.29 is 8.42 Å². The van der Waals surface area contributed by atoms with Crippen LogP contribution in [0.2, 0.25) is 5.02 Å². The summed E-state index contributed by atoms with van der Waals surface area (Å²) in [6.45, 7) is 0. The normalized spacial score (nSPS) is 13.2. The number of thiophene rings is 1. The molecule has 0 spiro atoms. The second kappa shape index (κ2) is 5.00. The monoisotopic (exact) mass is 344 g/mol. The maximum Gasteiger partial charge on any atom is 0.294 e. The number of para-hydroxylation sites is 1. The first-order chi connectivity index (χ1) is 9.49. The Morgan fingerprint density at radius 2 is 2.05 bits per heavy atom. The average Bonchev–Trinajstić information content (AvgIpc) is 3.00. The molecule has 0 unspecified atom stereocenters. The van der Waals surface area contributed by atoms with Gasteiger partial charge in [-0.15, -0.1) is 15.7 Å². The fourth-order valence-corrected chi connectivity index (χ4v) is 5.40. The van der Waals surface area contributed by atoms with Gasteiger partial charge in [-0.25, -0.2) is 0 Å². The first kappa shape index (κ1) is 13.8. The SMILES string of the molecule is Cn1/c(=N/S(=O)(=O)c2cccs2)sc2cccc(Cl)c21. The molecular formula is C12H9ClN2O2S3. The van der Waals surface area contributed by atoms with Gasteiger partial charge < -0.3 is 4.57 Å². The number of aromatic nitrogens is 1. The molecule has 0 N–H and O–H groups in total. The molecule has 0 saturated carbocycles. The summed E-state index contributed by atoms with van der Waals surface area (Å²) in [6.07, 6.45) is 0. The number of fused-ring (bicyclic) bond motifs is 1. The van der Waals surface area contributed by atoms with E-state index in [2.05, 4.69) is 4.40 Å². The highest BCUT2D eigenvalue weighted by atomic mass is 35.5. The summed E-state index contributed by atoms with van der Waals surface area (Å²) < 4.78 is 31.1. The first-order valence-corrected chi connectivity index (χ1v) is 9.09. The molecular weight excluding hydrogens is 336 g/mol. The fourth-order valence-electron chi connectivity index (χ4n) is 1.80. The van der Waals surface area contributed by atoms with Crippen LogP contribution in [0.25, 0.3) is 10.2 Å². The van der Waals surface area contributed by atoms with Gasteiger partial charge in [0.1, 0.15) is 4.21 Å². The largest absolute Gasteiger partial charge is 0.318 e. The number of rotatable bonds is 2. The number of aryl methyl sites for hydroxylation is 1. The van der Waals surface area contributed by atoms with Crippen molar-refractivity contribution in [3.05, 3.63) is 45.5 Å². The number of halogens is 1. The summed E-state index contributed by atoms with van der Waals surface area (Å²) in [5.74, 6) is 0. The Morgan fingerprint density at radius 1 is 1.25 bits per heavy atom. The van der Waals surface area contributed by atoms with Crippen LogP contribution in [0.15, 0.2) is 44.3 Å². The topological polar surface area (TPSA) is 51.4 Å². The van der Waals surface area contributed by atoms with E-state index in [1.54, 1.807) is 35.2 Å². The quantitative estimate of drug-likeness (QED) is 0.716. The van der Waals surface area contributed by atoms with Gasteiger partial charge in [-0.2, -0.15) is 8.42 Å². The number of hydrogen-bond donors (Lipinski definition) is 0. The second-order valence-corrected chi connectivity index (χ2v) is 8.22. The molecule has 0 aliphatic rings. The first-order valence-electron chi connectivity index (χ1n) is 5.57. The third-order valence-electron chi connectivity index (χ3n) is 2.72. The Kier molecular flexibility index (Phi) is 3.45. The van der Waals surface area contributed by atoms with Crippen LogP contribution in [-0.2, 0) is 17.1 Å². The van der Waals surface area contributed by atoms with Crippen molar-refractivity contribution in [1.29, 1.82) is 0 Å². The zero-order valence-corrected chi connectivity index (χ0v) is 13.5. The summed E-state index contributed by atoms with van der Waals surface area (Å²) in [5.41, 5.74) is 0.791. The van der Waals surface area contributed by atoms with Crippen molar-refractivity contribution in [2.75, 3.05) is 0 Å². The van der Waals surface area contributed by atoms with Crippen molar-refractivity contribution in [3.63, 3.8) is 0 Å². The number of hydrogen-bond acceptors (Lipinski definition) is 4. The fraction of sp³-hybridized carbons (Fsp3) is 0.0833. The summed E-state index contributed by atoms with van der Waals surface area (Å²) >= 11 is 8.60. The molecule has 0 aliphatic heterocycles. The number of nitrogens with zero attached hydrogens (tertiary/aromatic N) is 2. The van der Waals surface area contributed by atoms with E-state index in [1.807, 2.05) is 12.1 Å². The molecule has 3 aromatic rings. The maximum atomic E-state index is 12.2. The molecule has 8 heteroatoms. The molecule has 0 aliphatic carbocycles. The van der Waals surface area contributed by atoms with E-state index in [9.17, 15) is 8.42 Å². The number of benzene rings is 1. The highest BCUT2D eigenvalue weighted by Crippen LogP contribution is 2.25. The lowest BCUT2D eigenvalue weighted by molar-refractivity contribution is 0.598. The van der Waals surface area contributed by atoms with Crippen LogP contribution in [0.5, 0.6) is 0 Å². The molecule has 0 saturated heterocycles. The lowest BCUT2D eigenvalue weighted by atomic mass is 10.3. The Bertz CT molecular complexity index is 937. The predicted octanol–water partition coefficient (Wildman–Crippen LogP) is 3.24. The van der Waals surface area contributed by atoms with Gasteiger partial charge in [-0.1, -0.05) is 35.1 Å². The highest BCUT2D eigenvalue weighted by molar-refractivity contribution is 7.92. The average molecular weight is 345 g/mol. The molecule has 4 nitrogen and oxygen atoms in total. The molecule has 0 amide bonds. The van der Waals surface area contributed by atoms with Gasteiger partial charge in [0.15, 0.2) is 0 Å². The Balaban J connectivity index is 2.28. The van der Waals surface area contributed by atoms with Gasteiger partial charge in [0.05, 0.1) is 15.2 Å². The summed E-state index contributed by atoms with van der Waals surface area (Å²) in [5, 5.41) is 2.29. The van der Waals surface area contributed by atoms with E-state index in [0.717, 1.165) is 21.6 Å². The zero-order chi connectivity index (χ0) is 14.3. The van der Waals surface area contributed by atoms with E-state index in [1.165, 1.54) is 11.3 Å². The van der Waals surface area contributed by atoms with Crippen LogP contribution >= 0.6 is 34.3 Å². The minimum absolute atomic E-state index is 0.237. The molecule has 3 rings (SSSR count). The van der Waals surface area contributed by atoms with E-state index in [0.29, 0.717) is 9.82 Å². The molecule has 104 valence electrons. The Labute approximate surface area is 128 Å². The summed E-state index contributed by atoms with van der Waals surface area (Å²) in [6, 6.07) is 8.73. The molecule has 0 bridgehead atoms. The molecule has 0 fully saturated rings. The van der Waals surface area contributed by atoms with Crippen molar-refractivity contribution in [3.8, 4) is 0 Å². The molecule has 0 radical (unpaired) electrons. The van der Waals surface area contributed by atoms with E-state index < -0.39 is 10.0 Å². The summed E-state index contributed by atoms with van der Waals surface area (Å²) in [7, 11) is -1.91. The van der Waals surface area contributed by atoms with Crippen LogP contribution in [0.4, 0.5) is 0 Å². The minimum Gasteiger partial charge on any atom is -0.318 e. The molecule has 1 aromatic carbocycles. The van der Waals surface area contributed by atoms with Crippen LogP contribution in [0.3, 0.4) is 0 Å². The molecule has 2 heterocycles. The van der Waals surface area contributed by atoms with Gasteiger partial charge in [-0.3, -0.25) is 0 Å². The van der Waals surface area contributed by atoms with Crippen molar-refractivity contribution in [2.45, 2.75) is 4.21 Å². The van der Waals surface area contributed by atoms with Crippen LogP contribution in [0.1, 0.15) is 0 Å². The lowest BCUT2D eigenvalue weighted by Gasteiger charge is -1.97. The molecule has 2 aromatic heterocycles. The van der Waals surface area contributed by atoms with Gasteiger partial charge in [0.25, 0.3) is 10.0 Å². The van der Waals surface area contributed by atoms with Gasteiger partial charge >= 0.3 is 0 Å². The smallest absolute Gasteiger partial charge is 0.294 e. The number of thiazole rings is 1. The van der Waals surface area contributed by atoms with Gasteiger partial charge in [0.2, 0.25) is 4.80 Å². The van der Waals surface area contributed by atoms with Crippen molar-refractivity contribution in [2.24, 2.45) is 11.4 Å². The van der Waals surface area contributed by atoms with E-state index in [4.69, 9.17) is 11.6 Å². The third kappa shape index (κ3) is 2.31. The standard InChI is InChI=1S/C12H9ClN2O2S3/c1-15-11-8(13)4-2-5-9(11)19-12(15)14-20(16,17)10-6-3-7-18-10/h2-7H,1H3/b14-12-. The Morgan fingerprint density at radius 3 is 2.70 bits per heavy atom. The predicted molar refractivity (Wildman–Crippen MR) is 82.9 cm³/mol. The summed E-state index contributed by atoms with van der Waals surface area (Å²) in [4.78, 5) is 0.404. The lowest BCUT2D eigenvalue weighted by Crippen LogP contribution is -2.13. The van der Waals surface area contributed by atoms with Crippen LogP contribution in [0, 0.1) is 0 Å². The third-order valence-corrected chi connectivity index (χ3v) is 6.88. The van der Waals surface area contributed by atoms with E-state index in [-0.39, 0.29) is 4.21 Å². The molecule has 20 heavy (non-hydrogen) atoms. The van der Waals surface area contributed by atoms with Crippen molar-refractivity contribution in [1.82, 2.24) is 4.57 Å². The maximum absolute atomic E-state index is 12.2. The van der Waals surface area contributed by atoms with Crippen LogP contribution < -0.4 is 4.80 Å². The minimum atomic E-state index is -3.66. The van der Waals surface area contributed by atoms with Crippen LogP contribution in [-0.4, -0.2) is 13.0 Å². The highest BCUT2D eigenvalue weighted by Gasteiger charge is 2.15. The Hall–Kier alpha value is -1.15. The second-order valence-electron chi connectivity index (χ2n) is 4.03. The van der Waals surface area contributed by atoms with Gasteiger partial charge in [0, 0.05) is 7.05 Å². The number of sulfonamides is 1. The van der Waals surface area contributed by atoms with Gasteiger partial charge in [-0.05, 0) is 23.6 Å². The zero-order valence-electron chi connectivity index (χ0n) is 10.3. The van der Waals surface area contributed by atoms with Crippen molar-refractivity contribution >= 4 is 54.5 Å². The van der Waals surface area contributed by atoms with E-state index >= 15 is 0 Å². The molecule has 0 atom stereocenters.